The van der Waals surface area contributed by atoms with Crippen LogP contribution in [0.15, 0.2) is 24.3 Å². The molecule has 0 fully saturated rings. The number of nitrogens with one attached hydrogen (secondary N) is 1. The Morgan fingerprint density at radius 3 is 2.57 bits per heavy atom. The maximum atomic E-state index is 11.1. The molecule has 1 aromatic carbocycles. The minimum absolute atomic E-state index is 0.299. The molecule has 1 rings (SSSR count). The second-order valence-corrected chi connectivity index (χ2v) is 2.85. The van der Waals surface area contributed by atoms with Gasteiger partial charge in [0, 0.05) is 5.56 Å². The van der Waals surface area contributed by atoms with E-state index in [0.717, 1.165) is 12.2 Å². The van der Waals surface area contributed by atoms with Gasteiger partial charge in [0.2, 0.25) is 0 Å². The average molecular weight is 194 g/mol. The molecule has 0 unspecified atom stereocenters. The van der Waals surface area contributed by atoms with Gasteiger partial charge in [0.05, 0.1) is 6.61 Å². The summed E-state index contributed by atoms with van der Waals surface area (Å²) in [5, 5.41) is 0. The van der Waals surface area contributed by atoms with Gasteiger partial charge in [-0.05, 0) is 30.7 Å². The Kier molecular flexibility index (Phi) is 3.94. The number of ether oxygens (including phenoxy) is 1. The van der Waals surface area contributed by atoms with Crippen LogP contribution in [0.1, 0.15) is 23.7 Å². The van der Waals surface area contributed by atoms with Gasteiger partial charge < -0.3 is 4.74 Å². The van der Waals surface area contributed by atoms with Crippen molar-refractivity contribution >= 4 is 5.91 Å². The molecule has 0 bridgehead atoms. The molecular weight excluding hydrogens is 180 g/mol. The van der Waals surface area contributed by atoms with Crippen LogP contribution in [-0.2, 0) is 0 Å². The Morgan fingerprint density at radius 2 is 2.07 bits per heavy atom. The van der Waals surface area contributed by atoms with Gasteiger partial charge in [-0.1, -0.05) is 6.92 Å². The molecule has 0 aliphatic heterocycles. The van der Waals surface area contributed by atoms with E-state index in [1.54, 1.807) is 24.3 Å². The first-order chi connectivity index (χ1) is 6.77. The van der Waals surface area contributed by atoms with Crippen LogP contribution in [0.4, 0.5) is 0 Å². The summed E-state index contributed by atoms with van der Waals surface area (Å²) in [6.07, 6.45) is 0.963. The molecule has 0 saturated heterocycles. The van der Waals surface area contributed by atoms with Gasteiger partial charge >= 0.3 is 0 Å². The Bertz CT molecular complexity index is 295. The van der Waals surface area contributed by atoms with Crippen molar-refractivity contribution in [2.45, 2.75) is 13.3 Å². The standard InChI is InChI=1S/C10H14N2O2/c1-2-7-14-9-5-3-8(4-6-9)10(13)12-11/h3-6H,2,7,11H2,1H3,(H,12,13). The van der Waals surface area contributed by atoms with Crippen molar-refractivity contribution in [3.05, 3.63) is 29.8 Å². The van der Waals surface area contributed by atoms with Crippen LogP contribution >= 0.6 is 0 Å². The van der Waals surface area contributed by atoms with Crippen molar-refractivity contribution in [1.29, 1.82) is 0 Å². The zero-order chi connectivity index (χ0) is 10.4. The van der Waals surface area contributed by atoms with Gasteiger partial charge in [-0.3, -0.25) is 10.2 Å². The van der Waals surface area contributed by atoms with Gasteiger partial charge in [-0.2, -0.15) is 0 Å². The topological polar surface area (TPSA) is 64.3 Å². The number of nitrogen functional groups attached to an aromatic ring is 1. The summed E-state index contributed by atoms with van der Waals surface area (Å²) in [6, 6.07) is 6.85. The molecule has 14 heavy (non-hydrogen) atoms. The molecule has 4 heteroatoms. The normalized spacial score (nSPS) is 9.57. The number of hydrazine groups is 1. The zero-order valence-corrected chi connectivity index (χ0v) is 8.12. The lowest BCUT2D eigenvalue weighted by molar-refractivity contribution is 0.0953. The van der Waals surface area contributed by atoms with Crippen LogP contribution in [0.25, 0.3) is 0 Å². The summed E-state index contributed by atoms with van der Waals surface area (Å²) in [5.74, 6) is 5.46. The number of hydrogen-bond acceptors (Lipinski definition) is 3. The first kappa shape index (κ1) is 10.5. The number of carbonyl (C=O) groups is 1. The summed E-state index contributed by atoms with van der Waals surface area (Å²) in [7, 11) is 0. The van der Waals surface area contributed by atoms with Crippen molar-refractivity contribution in [1.82, 2.24) is 5.43 Å². The number of hydrogen-bond donors (Lipinski definition) is 2. The van der Waals surface area contributed by atoms with Crippen molar-refractivity contribution in [3.63, 3.8) is 0 Å². The average Bonchev–Trinajstić information content (AvgIpc) is 2.26. The monoisotopic (exact) mass is 194 g/mol. The molecule has 0 atom stereocenters. The van der Waals surface area contributed by atoms with E-state index in [4.69, 9.17) is 10.6 Å². The van der Waals surface area contributed by atoms with E-state index in [1.165, 1.54) is 0 Å². The third-order valence-corrected chi connectivity index (χ3v) is 1.72. The Hall–Kier alpha value is -1.55. The van der Waals surface area contributed by atoms with E-state index >= 15 is 0 Å². The second kappa shape index (κ2) is 5.24. The van der Waals surface area contributed by atoms with E-state index < -0.39 is 0 Å². The van der Waals surface area contributed by atoms with E-state index in [2.05, 4.69) is 5.43 Å². The van der Waals surface area contributed by atoms with Gasteiger partial charge in [0.1, 0.15) is 5.75 Å². The van der Waals surface area contributed by atoms with Gasteiger partial charge in [-0.15, -0.1) is 0 Å². The summed E-state index contributed by atoms with van der Waals surface area (Å²) >= 11 is 0. The summed E-state index contributed by atoms with van der Waals surface area (Å²) in [4.78, 5) is 11.1. The maximum absolute atomic E-state index is 11.1. The van der Waals surface area contributed by atoms with E-state index in [-0.39, 0.29) is 5.91 Å². The number of benzene rings is 1. The molecule has 1 aromatic rings. The minimum Gasteiger partial charge on any atom is -0.494 e. The number of rotatable bonds is 4. The fourth-order valence-corrected chi connectivity index (χ4v) is 1.01. The molecule has 0 radical (unpaired) electrons. The second-order valence-electron chi connectivity index (χ2n) is 2.85. The Labute approximate surface area is 83.0 Å². The number of amides is 1. The first-order valence-corrected chi connectivity index (χ1v) is 4.51. The van der Waals surface area contributed by atoms with E-state index in [0.29, 0.717) is 12.2 Å². The number of nitrogens with two attached hydrogens (primary N) is 1. The number of carbonyl (C=O) groups excluding carboxylic acids is 1. The fraction of sp³-hybridized carbons (Fsp3) is 0.300. The lowest BCUT2D eigenvalue weighted by atomic mass is 10.2. The molecule has 0 aromatic heterocycles. The molecule has 0 spiro atoms. The van der Waals surface area contributed by atoms with Crippen LogP contribution in [-0.4, -0.2) is 12.5 Å². The fourth-order valence-electron chi connectivity index (χ4n) is 1.01. The van der Waals surface area contributed by atoms with Gasteiger partial charge in [0.15, 0.2) is 0 Å². The molecule has 0 saturated carbocycles. The molecular formula is C10H14N2O2. The maximum Gasteiger partial charge on any atom is 0.265 e. The lowest BCUT2D eigenvalue weighted by Gasteiger charge is -2.04. The highest BCUT2D eigenvalue weighted by atomic mass is 16.5. The molecule has 76 valence electrons. The van der Waals surface area contributed by atoms with Crippen molar-refractivity contribution in [2.75, 3.05) is 6.61 Å². The predicted octanol–water partition coefficient (Wildman–Crippen LogP) is 1.08. The lowest BCUT2D eigenvalue weighted by Crippen LogP contribution is -2.29. The predicted molar refractivity (Wildman–Crippen MR) is 53.9 cm³/mol. The van der Waals surface area contributed by atoms with Gasteiger partial charge in [0.25, 0.3) is 5.91 Å². The highest BCUT2D eigenvalue weighted by Crippen LogP contribution is 2.12. The SMILES string of the molecule is CCCOc1ccc(C(=O)NN)cc1. The largest absolute Gasteiger partial charge is 0.494 e. The van der Waals surface area contributed by atoms with Crippen molar-refractivity contribution in [2.24, 2.45) is 5.84 Å². The van der Waals surface area contributed by atoms with Gasteiger partial charge in [-0.25, -0.2) is 5.84 Å². The molecule has 3 N–H and O–H groups in total. The third-order valence-electron chi connectivity index (χ3n) is 1.72. The quantitative estimate of drug-likeness (QED) is 0.428. The Morgan fingerprint density at radius 1 is 1.43 bits per heavy atom. The van der Waals surface area contributed by atoms with Crippen LogP contribution < -0.4 is 16.0 Å². The van der Waals surface area contributed by atoms with E-state index in [9.17, 15) is 4.79 Å². The molecule has 4 nitrogen and oxygen atoms in total. The van der Waals surface area contributed by atoms with Crippen LogP contribution in [0.3, 0.4) is 0 Å². The first-order valence-electron chi connectivity index (χ1n) is 4.51. The van der Waals surface area contributed by atoms with E-state index in [1.807, 2.05) is 6.92 Å². The summed E-state index contributed by atoms with van der Waals surface area (Å²) in [5.41, 5.74) is 2.59. The van der Waals surface area contributed by atoms with Crippen LogP contribution in [0.2, 0.25) is 0 Å². The van der Waals surface area contributed by atoms with Crippen LogP contribution in [0, 0.1) is 0 Å². The van der Waals surface area contributed by atoms with Crippen LogP contribution in [0.5, 0.6) is 5.75 Å². The zero-order valence-electron chi connectivity index (χ0n) is 8.12. The third kappa shape index (κ3) is 2.74. The molecule has 0 heterocycles. The van der Waals surface area contributed by atoms with Crippen molar-refractivity contribution in [3.8, 4) is 5.75 Å². The molecule has 1 amide bonds. The summed E-state index contributed by atoms with van der Waals surface area (Å²) < 4.78 is 5.36. The van der Waals surface area contributed by atoms with Crippen molar-refractivity contribution < 1.29 is 9.53 Å². The highest BCUT2D eigenvalue weighted by Gasteiger charge is 2.02. The Balaban J connectivity index is 2.63. The minimum atomic E-state index is -0.299. The summed E-state index contributed by atoms with van der Waals surface area (Å²) in [6.45, 7) is 2.72. The smallest absolute Gasteiger partial charge is 0.265 e. The highest BCUT2D eigenvalue weighted by molar-refractivity contribution is 5.93. The molecule has 0 aliphatic rings. The molecule has 0 aliphatic carbocycles.